The highest BCUT2D eigenvalue weighted by Gasteiger charge is 2.14. The van der Waals surface area contributed by atoms with Crippen LogP contribution in [-0.4, -0.2) is 24.7 Å². The summed E-state index contributed by atoms with van der Waals surface area (Å²) in [6, 6.07) is 21.0. The van der Waals surface area contributed by atoms with E-state index in [9.17, 15) is 4.79 Å². The van der Waals surface area contributed by atoms with E-state index in [0.29, 0.717) is 12.4 Å². The zero-order valence-corrected chi connectivity index (χ0v) is 14.7. The number of rotatable bonds is 6. The van der Waals surface area contributed by atoms with Crippen LogP contribution in [0.3, 0.4) is 0 Å². The summed E-state index contributed by atoms with van der Waals surface area (Å²) in [6.45, 7) is 2.08. The van der Waals surface area contributed by atoms with Crippen LogP contribution in [0, 0.1) is 0 Å². The minimum atomic E-state index is -0.440. The van der Waals surface area contributed by atoms with Crippen molar-refractivity contribution >= 4 is 17.5 Å². The molecule has 1 aromatic heterocycles. The van der Waals surface area contributed by atoms with E-state index < -0.39 is 5.97 Å². The first kappa shape index (κ1) is 17.5. The predicted octanol–water partition coefficient (Wildman–Crippen LogP) is 4.68. The van der Waals surface area contributed by atoms with E-state index >= 15 is 0 Å². The molecular formula is C21H20N2O3. The maximum absolute atomic E-state index is 12.1. The first-order chi connectivity index (χ1) is 12.7. The van der Waals surface area contributed by atoms with E-state index in [1.807, 2.05) is 60.7 Å². The van der Waals surface area contributed by atoms with Gasteiger partial charge in [0.2, 0.25) is 0 Å². The summed E-state index contributed by atoms with van der Waals surface area (Å²) in [5.74, 6) is 0.920. The van der Waals surface area contributed by atoms with Gasteiger partial charge in [-0.3, -0.25) is 0 Å². The van der Waals surface area contributed by atoms with Gasteiger partial charge in [0.1, 0.15) is 11.6 Å². The van der Waals surface area contributed by atoms with Crippen LogP contribution >= 0.6 is 0 Å². The van der Waals surface area contributed by atoms with Gasteiger partial charge in [0.25, 0.3) is 0 Å². The van der Waals surface area contributed by atoms with Gasteiger partial charge < -0.3 is 14.8 Å². The molecule has 0 fully saturated rings. The lowest BCUT2D eigenvalue weighted by Gasteiger charge is -2.13. The Bertz CT molecular complexity index is 878. The molecule has 0 aliphatic rings. The van der Waals surface area contributed by atoms with Crippen molar-refractivity contribution in [2.24, 2.45) is 0 Å². The number of ether oxygens (including phenoxy) is 2. The fraction of sp³-hybridized carbons (Fsp3) is 0.143. The smallest absolute Gasteiger partial charge is 0.356 e. The first-order valence-corrected chi connectivity index (χ1v) is 8.36. The van der Waals surface area contributed by atoms with Gasteiger partial charge in [-0.25, -0.2) is 9.78 Å². The SMILES string of the molecule is CCOC(=O)c1ccc(-c2ccccc2)c(Nc2ccc(OC)cc2)n1. The molecule has 1 heterocycles. The molecule has 0 saturated heterocycles. The third-order valence-electron chi connectivity index (χ3n) is 3.82. The fourth-order valence-electron chi connectivity index (χ4n) is 2.53. The van der Waals surface area contributed by atoms with Crippen molar-refractivity contribution < 1.29 is 14.3 Å². The highest BCUT2D eigenvalue weighted by molar-refractivity contribution is 5.90. The van der Waals surface area contributed by atoms with Crippen LogP contribution in [0.1, 0.15) is 17.4 Å². The number of methoxy groups -OCH3 is 1. The topological polar surface area (TPSA) is 60.5 Å². The Balaban J connectivity index is 2.00. The number of nitrogens with zero attached hydrogens (tertiary/aromatic N) is 1. The molecule has 0 aliphatic heterocycles. The van der Waals surface area contributed by atoms with Gasteiger partial charge in [-0.15, -0.1) is 0 Å². The van der Waals surface area contributed by atoms with Crippen molar-refractivity contribution in [2.45, 2.75) is 6.92 Å². The zero-order valence-electron chi connectivity index (χ0n) is 14.7. The Hall–Kier alpha value is -3.34. The molecule has 5 nitrogen and oxygen atoms in total. The maximum Gasteiger partial charge on any atom is 0.356 e. The number of anilines is 2. The van der Waals surface area contributed by atoms with Gasteiger partial charge in [0.05, 0.1) is 13.7 Å². The molecule has 5 heteroatoms. The second-order valence-electron chi connectivity index (χ2n) is 5.53. The fourth-order valence-corrected chi connectivity index (χ4v) is 2.53. The number of hydrogen-bond donors (Lipinski definition) is 1. The van der Waals surface area contributed by atoms with Crippen LogP contribution < -0.4 is 10.1 Å². The summed E-state index contributed by atoms with van der Waals surface area (Å²) >= 11 is 0. The van der Waals surface area contributed by atoms with Crippen molar-refractivity contribution in [3.63, 3.8) is 0 Å². The molecule has 0 unspecified atom stereocenters. The van der Waals surface area contributed by atoms with Gasteiger partial charge in [-0.1, -0.05) is 30.3 Å². The van der Waals surface area contributed by atoms with Crippen molar-refractivity contribution in [3.8, 4) is 16.9 Å². The molecule has 0 atom stereocenters. The number of benzene rings is 2. The summed E-state index contributed by atoms with van der Waals surface area (Å²) < 4.78 is 10.2. The molecule has 0 bridgehead atoms. The second kappa shape index (κ2) is 8.16. The van der Waals surface area contributed by atoms with Crippen molar-refractivity contribution in [1.82, 2.24) is 4.98 Å². The minimum absolute atomic E-state index is 0.266. The lowest BCUT2D eigenvalue weighted by atomic mass is 10.1. The Kier molecular flexibility index (Phi) is 5.49. The summed E-state index contributed by atoms with van der Waals surface area (Å²) in [4.78, 5) is 16.5. The van der Waals surface area contributed by atoms with Gasteiger partial charge in [0.15, 0.2) is 5.69 Å². The number of pyridine rings is 1. The van der Waals surface area contributed by atoms with Gasteiger partial charge in [0, 0.05) is 11.3 Å². The maximum atomic E-state index is 12.1. The number of hydrogen-bond acceptors (Lipinski definition) is 5. The van der Waals surface area contributed by atoms with Crippen molar-refractivity contribution in [1.29, 1.82) is 0 Å². The van der Waals surface area contributed by atoms with E-state index in [0.717, 1.165) is 22.6 Å². The first-order valence-electron chi connectivity index (χ1n) is 8.36. The molecule has 2 aromatic carbocycles. The second-order valence-corrected chi connectivity index (χ2v) is 5.53. The minimum Gasteiger partial charge on any atom is -0.497 e. The third-order valence-corrected chi connectivity index (χ3v) is 3.82. The number of aromatic nitrogens is 1. The van der Waals surface area contributed by atoms with Gasteiger partial charge >= 0.3 is 5.97 Å². The van der Waals surface area contributed by atoms with E-state index in [4.69, 9.17) is 9.47 Å². The Morgan fingerprint density at radius 3 is 2.38 bits per heavy atom. The average Bonchev–Trinajstić information content (AvgIpc) is 2.69. The Labute approximate surface area is 152 Å². The van der Waals surface area contributed by atoms with Crippen LogP contribution in [0.25, 0.3) is 11.1 Å². The van der Waals surface area contributed by atoms with Gasteiger partial charge in [-0.05, 0) is 48.9 Å². The summed E-state index contributed by atoms with van der Waals surface area (Å²) in [6.07, 6.45) is 0. The summed E-state index contributed by atoms with van der Waals surface area (Å²) in [5.41, 5.74) is 3.01. The zero-order chi connectivity index (χ0) is 18.4. The number of carbonyl (C=O) groups excluding carboxylic acids is 1. The number of nitrogens with one attached hydrogen (secondary N) is 1. The Morgan fingerprint density at radius 2 is 1.73 bits per heavy atom. The normalized spacial score (nSPS) is 10.2. The van der Waals surface area contributed by atoms with Crippen LogP contribution in [-0.2, 0) is 4.74 Å². The number of esters is 1. The molecule has 0 radical (unpaired) electrons. The lowest BCUT2D eigenvalue weighted by Crippen LogP contribution is -2.09. The quantitative estimate of drug-likeness (QED) is 0.656. The third kappa shape index (κ3) is 4.00. The molecule has 0 aliphatic carbocycles. The molecule has 132 valence electrons. The van der Waals surface area contributed by atoms with E-state index in [-0.39, 0.29) is 5.69 Å². The standard InChI is InChI=1S/C21H20N2O3/c1-3-26-21(24)19-14-13-18(15-7-5-4-6-8-15)20(23-19)22-16-9-11-17(25-2)12-10-16/h4-14H,3H2,1-2H3,(H,22,23). The van der Waals surface area contributed by atoms with Crippen molar-refractivity contribution in [3.05, 3.63) is 72.4 Å². The molecule has 3 rings (SSSR count). The molecule has 1 N–H and O–H groups in total. The van der Waals surface area contributed by atoms with Crippen LogP contribution in [0.15, 0.2) is 66.7 Å². The summed E-state index contributed by atoms with van der Waals surface area (Å²) in [7, 11) is 1.63. The van der Waals surface area contributed by atoms with Gasteiger partial charge in [-0.2, -0.15) is 0 Å². The van der Waals surface area contributed by atoms with Crippen LogP contribution in [0.2, 0.25) is 0 Å². The Morgan fingerprint density at radius 1 is 1.00 bits per heavy atom. The molecule has 0 spiro atoms. The summed E-state index contributed by atoms with van der Waals surface area (Å²) in [5, 5.41) is 3.29. The van der Waals surface area contributed by atoms with E-state index in [1.165, 1.54) is 0 Å². The lowest BCUT2D eigenvalue weighted by molar-refractivity contribution is 0.0519. The molecule has 3 aromatic rings. The highest BCUT2D eigenvalue weighted by atomic mass is 16.5. The van der Waals surface area contributed by atoms with Crippen molar-refractivity contribution in [2.75, 3.05) is 19.0 Å². The largest absolute Gasteiger partial charge is 0.497 e. The van der Waals surface area contributed by atoms with Crippen LogP contribution in [0.5, 0.6) is 5.75 Å². The molecule has 26 heavy (non-hydrogen) atoms. The predicted molar refractivity (Wildman–Crippen MR) is 102 cm³/mol. The number of carbonyl (C=O) groups is 1. The average molecular weight is 348 g/mol. The molecular weight excluding hydrogens is 328 g/mol. The molecule has 0 saturated carbocycles. The molecule has 0 amide bonds. The highest BCUT2D eigenvalue weighted by Crippen LogP contribution is 2.29. The monoisotopic (exact) mass is 348 g/mol. The van der Waals surface area contributed by atoms with Crippen LogP contribution in [0.4, 0.5) is 11.5 Å². The van der Waals surface area contributed by atoms with E-state index in [2.05, 4.69) is 10.3 Å². The van der Waals surface area contributed by atoms with E-state index in [1.54, 1.807) is 20.1 Å².